The number of carbonyl (C=O) groups is 3. The van der Waals surface area contributed by atoms with Gasteiger partial charge in [-0.15, -0.1) is 5.10 Å². The Bertz CT molecular complexity index is 1360. The van der Waals surface area contributed by atoms with Crippen molar-refractivity contribution >= 4 is 23.5 Å². The van der Waals surface area contributed by atoms with E-state index < -0.39 is 47.7 Å². The SMILES string of the molecule is CC[C@H]1OC(=O)[C@H](C)[C@@H](O)[C@H](C)C[C@@H](C)C[C@@H](C)C(=O)[C@H](C)[C@@H]2N(CCCCn3cc(-c4cccc(NC)c4)nn3)C(=O)O[C@@]21C. The van der Waals surface area contributed by atoms with E-state index in [1.54, 1.807) is 23.4 Å². The van der Waals surface area contributed by atoms with Gasteiger partial charge in [0.2, 0.25) is 0 Å². The van der Waals surface area contributed by atoms with Gasteiger partial charge in [0.15, 0.2) is 5.60 Å². The average Bonchev–Trinajstić information content (AvgIpc) is 3.61. The zero-order valence-electron chi connectivity index (χ0n) is 28.7. The molecule has 2 saturated heterocycles. The molecular weight excluding hydrogens is 586 g/mol. The summed E-state index contributed by atoms with van der Waals surface area (Å²) >= 11 is 0. The van der Waals surface area contributed by atoms with E-state index in [4.69, 9.17) is 9.47 Å². The Kier molecular flexibility index (Phi) is 11.5. The average molecular weight is 640 g/mol. The number of unbranched alkanes of at least 4 members (excludes halogenated alkanes) is 1. The van der Waals surface area contributed by atoms with Crippen molar-refractivity contribution in [2.75, 3.05) is 18.9 Å². The molecular formula is C35H53N5O6. The molecule has 3 heterocycles. The molecule has 11 nitrogen and oxygen atoms in total. The lowest BCUT2D eigenvalue weighted by atomic mass is 9.75. The molecule has 0 spiro atoms. The number of ketones is 1. The smallest absolute Gasteiger partial charge is 0.410 e. The number of cyclic esters (lactones) is 1. The standard InChI is InChI=1S/C35H53N5O6/c1-9-29-35(7)32(24(5)30(41)22(3)17-21(2)18-23(4)31(42)25(6)33(43)45-29)40(34(44)46-35)16-11-10-15-39-20-28(37-38-39)26-13-12-14-27(19-26)36-8/h12-14,19-25,29,31-32,36,42H,9-11,15-18H2,1-8H3/t21-,22+,23+,24-,25+,29+,31-,32-,35+/m0/s1. The molecule has 2 N–H and O–H groups in total. The maximum absolute atomic E-state index is 14.0. The molecule has 0 radical (unpaired) electrons. The van der Waals surface area contributed by atoms with Gasteiger partial charge in [0.05, 0.1) is 24.3 Å². The van der Waals surface area contributed by atoms with Gasteiger partial charge in [-0.1, -0.05) is 52.0 Å². The van der Waals surface area contributed by atoms with Gasteiger partial charge in [0.25, 0.3) is 0 Å². The van der Waals surface area contributed by atoms with Crippen LogP contribution in [0.2, 0.25) is 0 Å². The zero-order valence-corrected chi connectivity index (χ0v) is 28.7. The quantitative estimate of drug-likeness (QED) is 0.281. The number of fused-ring (bicyclic) bond motifs is 1. The fourth-order valence-electron chi connectivity index (χ4n) is 7.59. The van der Waals surface area contributed by atoms with Crippen LogP contribution in [-0.4, -0.2) is 80.3 Å². The molecule has 2 aliphatic rings. The number of aryl methyl sites for hydroxylation is 1. The van der Waals surface area contributed by atoms with Crippen molar-refractivity contribution in [3.8, 4) is 11.3 Å². The van der Waals surface area contributed by atoms with Gasteiger partial charge >= 0.3 is 12.1 Å². The predicted molar refractivity (Wildman–Crippen MR) is 176 cm³/mol. The Morgan fingerprint density at radius 1 is 1.04 bits per heavy atom. The molecule has 0 bridgehead atoms. The number of ether oxygens (including phenoxy) is 2. The number of hydrogen-bond acceptors (Lipinski definition) is 9. The van der Waals surface area contributed by atoms with Crippen molar-refractivity contribution in [1.29, 1.82) is 0 Å². The van der Waals surface area contributed by atoms with Crippen LogP contribution in [0.4, 0.5) is 10.5 Å². The van der Waals surface area contributed by atoms with Gasteiger partial charge < -0.3 is 24.8 Å². The van der Waals surface area contributed by atoms with E-state index in [0.29, 0.717) is 38.8 Å². The number of amides is 1. The number of rotatable bonds is 8. The number of nitrogens with zero attached hydrogens (tertiary/aromatic N) is 4. The van der Waals surface area contributed by atoms with E-state index in [1.165, 1.54) is 0 Å². The van der Waals surface area contributed by atoms with Crippen LogP contribution in [0.3, 0.4) is 0 Å². The summed E-state index contributed by atoms with van der Waals surface area (Å²) in [7, 11) is 1.87. The highest BCUT2D eigenvalue weighted by Crippen LogP contribution is 2.41. The number of aliphatic hydroxyl groups is 1. The van der Waals surface area contributed by atoms with Gasteiger partial charge in [-0.05, 0) is 69.9 Å². The van der Waals surface area contributed by atoms with Crippen molar-refractivity contribution in [3.63, 3.8) is 0 Å². The van der Waals surface area contributed by atoms with E-state index >= 15 is 0 Å². The molecule has 9 atom stereocenters. The first-order chi connectivity index (χ1) is 21.8. The second kappa shape index (κ2) is 15.0. The maximum atomic E-state index is 14.0. The Hall–Kier alpha value is -3.47. The lowest BCUT2D eigenvalue weighted by Gasteiger charge is -2.41. The maximum Gasteiger partial charge on any atom is 0.410 e. The monoisotopic (exact) mass is 639 g/mol. The number of benzene rings is 1. The number of aromatic nitrogens is 3. The number of Topliss-reactive ketones (excluding diaryl/α,β-unsaturated/α-hetero) is 1. The second-order valence-corrected chi connectivity index (χ2v) is 13.9. The summed E-state index contributed by atoms with van der Waals surface area (Å²) in [5.41, 5.74) is 1.50. The second-order valence-electron chi connectivity index (χ2n) is 13.9. The van der Waals surface area contributed by atoms with E-state index in [0.717, 1.165) is 23.4 Å². The summed E-state index contributed by atoms with van der Waals surface area (Å²) in [6.45, 7) is 14.2. The molecule has 0 unspecified atom stereocenters. The third-order valence-corrected chi connectivity index (χ3v) is 10.2. The Morgan fingerprint density at radius 2 is 1.76 bits per heavy atom. The molecule has 254 valence electrons. The third kappa shape index (κ3) is 7.56. The molecule has 2 fully saturated rings. The highest BCUT2D eigenvalue weighted by Gasteiger charge is 2.59. The van der Waals surface area contributed by atoms with Crippen LogP contribution in [0.15, 0.2) is 30.5 Å². The molecule has 4 rings (SSSR count). The molecule has 46 heavy (non-hydrogen) atoms. The van der Waals surface area contributed by atoms with E-state index in [2.05, 4.69) is 22.6 Å². The number of aliphatic hydroxyl groups excluding tert-OH is 1. The summed E-state index contributed by atoms with van der Waals surface area (Å²) in [6, 6.07) is 7.34. The largest absolute Gasteiger partial charge is 0.458 e. The minimum atomic E-state index is -1.25. The number of esters is 1. The van der Waals surface area contributed by atoms with Gasteiger partial charge in [-0.2, -0.15) is 0 Å². The normalized spacial score (nSPS) is 32.8. The summed E-state index contributed by atoms with van der Waals surface area (Å²) in [4.78, 5) is 42.5. The van der Waals surface area contributed by atoms with Crippen molar-refractivity contribution in [2.24, 2.45) is 29.6 Å². The Morgan fingerprint density at radius 3 is 2.46 bits per heavy atom. The summed E-state index contributed by atoms with van der Waals surface area (Å²) in [5, 5.41) is 22.8. The van der Waals surface area contributed by atoms with Crippen LogP contribution < -0.4 is 5.32 Å². The van der Waals surface area contributed by atoms with Crippen molar-refractivity contribution in [1.82, 2.24) is 19.9 Å². The van der Waals surface area contributed by atoms with Crippen LogP contribution in [0.1, 0.15) is 80.6 Å². The van der Waals surface area contributed by atoms with Crippen LogP contribution in [0.5, 0.6) is 0 Å². The first-order valence-corrected chi connectivity index (χ1v) is 16.9. The van der Waals surface area contributed by atoms with Crippen LogP contribution in [-0.2, 0) is 25.6 Å². The van der Waals surface area contributed by atoms with Crippen molar-refractivity contribution in [3.05, 3.63) is 30.5 Å². The van der Waals surface area contributed by atoms with Gasteiger partial charge in [-0.3, -0.25) is 14.3 Å². The highest BCUT2D eigenvalue weighted by molar-refractivity contribution is 5.85. The third-order valence-electron chi connectivity index (χ3n) is 10.2. The Labute approximate surface area is 273 Å². The number of nitrogens with one attached hydrogen (secondary N) is 1. The van der Waals surface area contributed by atoms with Crippen LogP contribution in [0, 0.1) is 29.6 Å². The Balaban J connectivity index is 1.53. The minimum Gasteiger partial charge on any atom is -0.458 e. The molecule has 0 saturated carbocycles. The highest BCUT2D eigenvalue weighted by atomic mass is 16.6. The summed E-state index contributed by atoms with van der Waals surface area (Å²) < 4.78 is 13.9. The molecule has 11 heteroatoms. The lowest BCUT2D eigenvalue weighted by Crippen LogP contribution is -2.57. The van der Waals surface area contributed by atoms with Gasteiger partial charge in [-0.25, -0.2) is 4.79 Å². The number of hydrogen-bond donors (Lipinski definition) is 2. The zero-order chi connectivity index (χ0) is 33.8. The van der Waals surface area contributed by atoms with Crippen LogP contribution in [0.25, 0.3) is 11.3 Å². The van der Waals surface area contributed by atoms with E-state index in [1.807, 2.05) is 65.2 Å². The van der Waals surface area contributed by atoms with Crippen molar-refractivity contribution < 1.29 is 29.0 Å². The predicted octanol–water partition coefficient (Wildman–Crippen LogP) is 5.57. The fraction of sp³-hybridized carbons (Fsp3) is 0.686. The number of anilines is 1. The molecule has 0 aliphatic carbocycles. The molecule has 2 aromatic rings. The van der Waals surface area contributed by atoms with E-state index in [9.17, 15) is 19.5 Å². The molecule has 1 aromatic heterocycles. The van der Waals surface area contributed by atoms with Crippen molar-refractivity contribution in [2.45, 2.75) is 111 Å². The van der Waals surface area contributed by atoms with E-state index in [-0.39, 0.29) is 23.5 Å². The molecule has 2 aliphatic heterocycles. The van der Waals surface area contributed by atoms with Crippen LogP contribution >= 0.6 is 0 Å². The number of carbonyl (C=O) groups excluding carboxylic acids is 3. The first-order valence-electron chi connectivity index (χ1n) is 16.9. The van der Waals surface area contributed by atoms with Gasteiger partial charge in [0.1, 0.15) is 17.6 Å². The summed E-state index contributed by atoms with van der Waals surface area (Å²) in [6.07, 6.45) is 2.84. The fourth-order valence-corrected chi connectivity index (χ4v) is 7.59. The first kappa shape index (κ1) is 35.4. The minimum absolute atomic E-state index is 0.0590. The summed E-state index contributed by atoms with van der Waals surface area (Å²) in [5.74, 6) is -1.96. The van der Waals surface area contributed by atoms with Gasteiger partial charge in [0, 0.05) is 43.2 Å². The topological polar surface area (TPSA) is 136 Å². The molecule has 1 amide bonds. The molecule has 1 aromatic carbocycles. The lowest BCUT2D eigenvalue weighted by molar-refractivity contribution is -0.174.